The molecule has 1 aliphatic rings. The predicted molar refractivity (Wildman–Crippen MR) is 164 cm³/mol. The van der Waals surface area contributed by atoms with E-state index in [0.717, 1.165) is 4.90 Å². The number of rotatable bonds is 8. The van der Waals surface area contributed by atoms with Gasteiger partial charge in [-0.3, -0.25) is 4.90 Å². The third-order valence-electron chi connectivity index (χ3n) is 8.35. The van der Waals surface area contributed by atoms with Gasteiger partial charge in [0.15, 0.2) is 0 Å². The number of amides is 1. The first-order valence-corrected chi connectivity index (χ1v) is 15.0. The molecule has 3 aromatic carbocycles. The minimum Gasteiger partial charge on any atom is -0.496 e. The van der Waals surface area contributed by atoms with Crippen LogP contribution in [0.25, 0.3) is 22.3 Å². The monoisotopic (exact) mass is 726 g/mol. The number of benzene rings is 3. The smallest absolute Gasteiger partial charge is 0.416 e. The standard InChI is InChI=1S/C35H27F9N2O5/c1-17-25(7-8-28(45-17)31(47)48)20-5-9-29(50-3)27(13-20)26-6-4-19(15-33(36,37)38)10-22(26)16-46-18(2)30(51-32(46)49)21-11-23(34(39,40)41)14-24(12-21)35(42,43)44/h4-14,18,30H,15-16H2,1-3H3,(H,47,48)/t18-,30-/m0/s1. The number of aromatic carboxylic acids is 1. The zero-order valence-corrected chi connectivity index (χ0v) is 26.8. The average molecular weight is 727 g/mol. The number of pyridine rings is 1. The lowest BCUT2D eigenvalue weighted by Crippen LogP contribution is -2.31. The van der Waals surface area contributed by atoms with Crippen molar-refractivity contribution in [3.63, 3.8) is 0 Å². The number of ether oxygens (including phenoxy) is 2. The van der Waals surface area contributed by atoms with E-state index in [1.54, 1.807) is 25.1 Å². The zero-order valence-electron chi connectivity index (χ0n) is 26.8. The normalized spacial score (nSPS) is 16.7. The van der Waals surface area contributed by atoms with Gasteiger partial charge in [0.25, 0.3) is 0 Å². The Bertz CT molecular complexity index is 1960. The Labute approximate surface area is 284 Å². The molecule has 0 bridgehead atoms. The molecule has 0 unspecified atom stereocenters. The van der Waals surface area contributed by atoms with Crippen LogP contribution in [-0.2, 0) is 30.1 Å². The fourth-order valence-corrected chi connectivity index (χ4v) is 5.94. The highest BCUT2D eigenvalue weighted by Gasteiger charge is 2.43. The van der Waals surface area contributed by atoms with Gasteiger partial charge in [-0.25, -0.2) is 14.6 Å². The maximum atomic E-state index is 13.6. The average Bonchev–Trinajstić information content (AvgIpc) is 3.31. The largest absolute Gasteiger partial charge is 0.496 e. The molecule has 1 aliphatic heterocycles. The number of carbonyl (C=O) groups excluding carboxylic acids is 1. The number of hydrogen-bond donors (Lipinski definition) is 1. The number of cyclic esters (lactones) is 1. The zero-order chi connectivity index (χ0) is 37.6. The number of aromatic nitrogens is 1. The summed E-state index contributed by atoms with van der Waals surface area (Å²) in [7, 11) is 1.35. The second-order valence-electron chi connectivity index (χ2n) is 11.8. The van der Waals surface area contributed by atoms with Crippen LogP contribution < -0.4 is 4.74 Å². The maximum Gasteiger partial charge on any atom is 0.416 e. The van der Waals surface area contributed by atoms with Gasteiger partial charge in [-0.2, -0.15) is 39.5 Å². The van der Waals surface area contributed by atoms with Gasteiger partial charge >= 0.3 is 30.6 Å². The molecule has 0 radical (unpaired) electrons. The van der Waals surface area contributed by atoms with Gasteiger partial charge in [0, 0.05) is 16.8 Å². The third kappa shape index (κ3) is 8.05. The molecule has 51 heavy (non-hydrogen) atoms. The summed E-state index contributed by atoms with van der Waals surface area (Å²) < 4.78 is 133. The van der Waals surface area contributed by atoms with Gasteiger partial charge < -0.3 is 14.6 Å². The van der Waals surface area contributed by atoms with Crippen molar-refractivity contribution >= 4 is 12.1 Å². The van der Waals surface area contributed by atoms with E-state index in [9.17, 15) is 54.2 Å². The molecule has 0 aliphatic carbocycles. The molecule has 0 spiro atoms. The molecular weight excluding hydrogens is 699 g/mol. The van der Waals surface area contributed by atoms with E-state index in [2.05, 4.69) is 4.98 Å². The van der Waals surface area contributed by atoms with E-state index in [1.165, 1.54) is 44.4 Å². The van der Waals surface area contributed by atoms with E-state index < -0.39 is 72.4 Å². The van der Waals surface area contributed by atoms with E-state index in [0.29, 0.717) is 34.5 Å². The van der Waals surface area contributed by atoms with Gasteiger partial charge in [0.2, 0.25) is 0 Å². The highest BCUT2D eigenvalue weighted by Crippen LogP contribution is 2.43. The van der Waals surface area contributed by atoms with Crippen molar-refractivity contribution in [3.05, 3.63) is 106 Å². The molecule has 1 aromatic heterocycles. The minimum atomic E-state index is -5.16. The highest BCUT2D eigenvalue weighted by molar-refractivity contribution is 5.87. The molecule has 5 rings (SSSR count). The van der Waals surface area contributed by atoms with Gasteiger partial charge in [-0.1, -0.05) is 30.3 Å². The number of carboxylic acid groups (broad SMARTS) is 1. The van der Waals surface area contributed by atoms with Crippen LogP contribution in [0.5, 0.6) is 5.75 Å². The number of aryl methyl sites for hydroxylation is 1. The highest BCUT2D eigenvalue weighted by atomic mass is 19.4. The summed E-state index contributed by atoms with van der Waals surface area (Å²) in [4.78, 5) is 29.7. The Morgan fingerprint density at radius 2 is 1.49 bits per heavy atom. The van der Waals surface area contributed by atoms with Crippen molar-refractivity contribution in [2.45, 2.75) is 57.5 Å². The van der Waals surface area contributed by atoms with Gasteiger partial charge in [0.1, 0.15) is 17.5 Å². The lowest BCUT2D eigenvalue weighted by Gasteiger charge is -2.24. The van der Waals surface area contributed by atoms with E-state index in [4.69, 9.17) is 9.47 Å². The topological polar surface area (TPSA) is 89.0 Å². The number of nitrogens with zero attached hydrogens (tertiary/aromatic N) is 2. The molecule has 1 amide bonds. The van der Waals surface area contributed by atoms with E-state index in [-0.39, 0.29) is 34.2 Å². The Kier molecular flexibility index (Phi) is 9.75. The molecule has 1 N–H and O–H groups in total. The van der Waals surface area contributed by atoms with Gasteiger partial charge in [-0.15, -0.1) is 0 Å². The van der Waals surface area contributed by atoms with Crippen molar-refractivity contribution in [1.29, 1.82) is 0 Å². The maximum absolute atomic E-state index is 13.6. The quantitative estimate of drug-likeness (QED) is 0.182. The predicted octanol–water partition coefficient (Wildman–Crippen LogP) is 9.66. The Morgan fingerprint density at radius 3 is 2.04 bits per heavy atom. The summed E-state index contributed by atoms with van der Waals surface area (Å²) in [5.74, 6) is -0.982. The number of halogens is 9. The summed E-state index contributed by atoms with van der Waals surface area (Å²) in [6.07, 6.45) is -19.0. The van der Waals surface area contributed by atoms with Crippen molar-refractivity contribution in [1.82, 2.24) is 9.88 Å². The Hall–Kier alpha value is -5.28. The number of hydrogen-bond acceptors (Lipinski definition) is 5. The van der Waals surface area contributed by atoms with Crippen LogP contribution in [0.4, 0.5) is 44.3 Å². The number of methoxy groups -OCH3 is 1. The molecule has 7 nitrogen and oxygen atoms in total. The summed E-state index contributed by atoms with van der Waals surface area (Å²) in [5, 5.41) is 9.30. The lowest BCUT2D eigenvalue weighted by atomic mass is 9.92. The second kappa shape index (κ2) is 13.5. The number of alkyl halides is 9. The lowest BCUT2D eigenvalue weighted by molar-refractivity contribution is -0.143. The van der Waals surface area contributed by atoms with E-state index >= 15 is 0 Å². The van der Waals surface area contributed by atoms with Crippen LogP contribution >= 0.6 is 0 Å². The van der Waals surface area contributed by atoms with Crippen molar-refractivity contribution in [2.75, 3.05) is 7.11 Å². The molecule has 0 saturated carbocycles. The molecule has 4 aromatic rings. The van der Waals surface area contributed by atoms with Crippen molar-refractivity contribution < 1.29 is 63.7 Å². The van der Waals surface area contributed by atoms with Crippen LogP contribution in [0, 0.1) is 6.92 Å². The Morgan fingerprint density at radius 1 is 0.863 bits per heavy atom. The molecule has 1 saturated heterocycles. The van der Waals surface area contributed by atoms with Crippen LogP contribution in [0.15, 0.2) is 66.7 Å². The van der Waals surface area contributed by atoms with Crippen molar-refractivity contribution in [3.8, 4) is 28.0 Å². The van der Waals surface area contributed by atoms with E-state index in [1.807, 2.05) is 0 Å². The van der Waals surface area contributed by atoms with Gasteiger partial charge in [-0.05, 0) is 78.1 Å². The third-order valence-corrected chi connectivity index (χ3v) is 8.35. The van der Waals surface area contributed by atoms with Crippen LogP contribution in [0.3, 0.4) is 0 Å². The van der Waals surface area contributed by atoms with Gasteiger partial charge in [0.05, 0.1) is 37.2 Å². The molecule has 1 fully saturated rings. The fraction of sp³-hybridized carbons (Fsp3) is 0.286. The van der Waals surface area contributed by atoms with Crippen LogP contribution in [0.1, 0.15) is 57.0 Å². The van der Waals surface area contributed by atoms with Crippen LogP contribution in [-0.4, -0.2) is 46.4 Å². The Balaban J connectivity index is 1.59. The fourth-order valence-electron chi connectivity index (χ4n) is 5.94. The number of carbonyl (C=O) groups is 2. The summed E-state index contributed by atoms with van der Waals surface area (Å²) in [5.41, 5.74) is -2.00. The van der Waals surface area contributed by atoms with Crippen molar-refractivity contribution in [2.24, 2.45) is 0 Å². The molecule has 270 valence electrons. The second-order valence-corrected chi connectivity index (χ2v) is 11.8. The first-order chi connectivity index (χ1) is 23.7. The number of carboxylic acids is 1. The molecule has 2 atom stereocenters. The first-order valence-electron chi connectivity index (χ1n) is 15.0. The SMILES string of the molecule is COc1ccc(-c2ccc(C(=O)O)nc2C)cc1-c1ccc(CC(F)(F)F)cc1CN1C(=O)O[C@H](c2cc(C(F)(F)F)cc(C(F)(F)F)c2)[C@@H]1C. The molecule has 16 heteroatoms. The summed E-state index contributed by atoms with van der Waals surface area (Å²) in [6, 6.07) is 11.2. The molecule has 2 heterocycles. The first kappa shape index (κ1) is 37.0. The minimum absolute atomic E-state index is 0.0549. The summed E-state index contributed by atoms with van der Waals surface area (Å²) >= 11 is 0. The molecular formula is C35H27F9N2O5. The summed E-state index contributed by atoms with van der Waals surface area (Å²) in [6.45, 7) is 2.46. The van der Waals surface area contributed by atoms with Crippen LogP contribution in [0.2, 0.25) is 0 Å².